The van der Waals surface area contributed by atoms with E-state index in [4.69, 9.17) is 0 Å². The third-order valence-corrected chi connectivity index (χ3v) is 3.32. The van der Waals surface area contributed by atoms with E-state index in [-0.39, 0.29) is 5.56 Å². The summed E-state index contributed by atoms with van der Waals surface area (Å²) in [6.07, 6.45) is 4.36. The largest absolute Gasteiger partial charge is 0.380 e. The Bertz CT molecular complexity index is 427. The van der Waals surface area contributed by atoms with E-state index in [2.05, 4.69) is 17.3 Å². The van der Waals surface area contributed by atoms with Crippen molar-refractivity contribution in [1.29, 1.82) is 0 Å². The Morgan fingerprint density at radius 3 is 3.00 bits per heavy atom. The molecule has 0 aromatic carbocycles. The molecule has 2 rings (SSSR count). The van der Waals surface area contributed by atoms with Crippen molar-refractivity contribution in [3.8, 4) is 0 Å². The summed E-state index contributed by atoms with van der Waals surface area (Å²) < 4.78 is 1.73. The number of hydrogen-bond donors (Lipinski definition) is 1. The lowest BCUT2D eigenvalue weighted by molar-refractivity contribution is 0.261. The van der Waals surface area contributed by atoms with Crippen LogP contribution in [0.15, 0.2) is 23.1 Å². The van der Waals surface area contributed by atoms with Crippen molar-refractivity contribution in [2.75, 3.05) is 25.5 Å². The summed E-state index contributed by atoms with van der Waals surface area (Å²) in [5.41, 5.74) is 1.12. The van der Waals surface area contributed by atoms with Gasteiger partial charge in [-0.3, -0.25) is 4.79 Å². The summed E-state index contributed by atoms with van der Waals surface area (Å²) in [5, 5.41) is 3.51. The Balaban J connectivity index is 2.05. The highest BCUT2D eigenvalue weighted by Gasteiger charge is 2.16. The second-order valence-electron chi connectivity index (χ2n) is 4.79. The van der Waals surface area contributed by atoms with Gasteiger partial charge in [0.05, 0.1) is 5.69 Å². The number of rotatable bonds is 3. The van der Waals surface area contributed by atoms with Crippen LogP contribution in [0.3, 0.4) is 0 Å². The molecular formula is C13H21N3O. The average molecular weight is 235 g/mol. The van der Waals surface area contributed by atoms with Gasteiger partial charge in [-0.1, -0.05) is 0 Å². The first-order valence-electron chi connectivity index (χ1n) is 6.34. The van der Waals surface area contributed by atoms with Gasteiger partial charge in [0.25, 0.3) is 5.56 Å². The van der Waals surface area contributed by atoms with Gasteiger partial charge < -0.3 is 14.8 Å². The fourth-order valence-electron chi connectivity index (χ4n) is 2.38. The number of nitrogens with one attached hydrogen (secondary N) is 1. The van der Waals surface area contributed by atoms with Gasteiger partial charge in [0, 0.05) is 31.4 Å². The predicted octanol–water partition coefficient (Wildman–Crippen LogP) is 1.37. The van der Waals surface area contributed by atoms with Crippen molar-refractivity contribution < 1.29 is 0 Å². The molecule has 2 heterocycles. The van der Waals surface area contributed by atoms with Gasteiger partial charge in [-0.2, -0.15) is 0 Å². The Labute approximate surface area is 102 Å². The lowest BCUT2D eigenvalue weighted by Crippen LogP contribution is -2.39. The van der Waals surface area contributed by atoms with Crippen LogP contribution in [0.25, 0.3) is 0 Å². The van der Waals surface area contributed by atoms with Crippen LogP contribution in [0.4, 0.5) is 5.69 Å². The van der Waals surface area contributed by atoms with E-state index in [9.17, 15) is 4.79 Å². The molecule has 1 aromatic heterocycles. The molecule has 1 atom stereocenters. The summed E-state index contributed by atoms with van der Waals surface area (Å²) in [4.78, 5) is 13.8. The molecular weight excluding hydrogens is 214 g/mol. The molecule has 1 unspecified atom stereocenters. The summed E-state index contributed by atoms with van der Waals surface area (Å²) >= 11 is 0. The first-order chi connectivity index (χ1) is 8.19. The van der Waals surface area contributed by atoms with Gasteiger partial charge in [-0.25, -0.2) is 0 Å². The molecule has 1 N–H and O–H groups in total. The zero-order chi connectivity index (χ0) is 12.3. The molecule has 4 nitrogen and oxygen atoms in total. The van der Waals surface area contributed by atoms with Crippen LogP contribution in [0.5, 0.6) is 0 Å². The SMILES string of the molecule is CCn1cc(NC2CCCN(C)C2)ccc1=O. The van der Waals surface area contributed by atoms with Crippen LogP contribution >= 0.6 is 0 Å². The Morgan fingerprint density at radius 1 is 1.47 bits per heavy atom. The van der Waals surface area contributed by atoms with Gasteiger partial charge in [-0.15, -0.1) is 0 Å². The number of aromatic nitrogens is 1. The molecule has 0 amide bonds. The maximum atomic E-state index is 11.5. The molecule has 1 aliphatic heterocycles. The lowest BCUT2D eigenvalue weighted by atomic mass is 10.1. The van der Waals surface area contributed by atoms with Crippen molar-refractivity contribution in [3.63, 3.8) is 0 Å². The number of aryl methyl sites for hydroxylation is 1. The quantitative estimate of drug-likeness (QED) is 0.860. The number of anilines is 1. The van der Waals surface area contributed by atoms with E-state index < -0.39 is 0 Å². The van der Waals surface area contributed by atoms with E-state index in [0.717, 1.165) is 18.8 Å². The highest BCUT2D eigenvalue weighted by atomic mass is 16.1. The second kappa shape index (κ2) is 5.36. The number of hydrogen-bond acceptors (Lipinski definition) is 3. The number of piperidine rings is 1. The van der Waals surface area contributed by atoms with E-state index >= 15 is 0 Å². The molecule has 1 aromatic rings. The predicted molar refractivity (Wildman–Crippen MR) is 70.5 cm³/mol. The Hall–Kier alpha value is -1.29. The minimum absolute atomic E-state index is 0.0683. The van der Waals surface area contributed by atoms with E-state index in [1.165, 1.54) is 19.4 Å². The van der Waals surface area contributed by atoms with Gasteiger partial charge >= 0.3 is 0 Å². The zero-order valence-electron chi connectivity index (χ0n) is 10.6. The highest BCUT2D eigenvalue weighted by Crippen LogP contribution is 2.14. The number of likely N-dealkylation sites (tertiary alicyclic amines) is 1. The van der Waals surface area contributed by atoms with Crippen LogP contribution < -0.4 is 10.9 Å². The van der Waals surface area contributed by atoms with Gasteiger partial charge in [0.15, 0.2) is 0 Å². The van der Waals surface area contributed by atoms with E-state index in [1.807, 2.05) is 19.2 Å². The molecule has 1 saturated heterocycles. The summed E-state index contributed by atoms with van der Waals surface area (Å²) in [6, 6.07) is 4.01. The molecule has 0 radical (unpaired) electrons. The standard InChI is InChI=1S/C13H21N3O/c1-3-16-10-12(6-7-13(16)17)14-11-5-4-8-15(2)9-11/h6-7,10-11,14H,3-5,8-9H2,1-2H3. The highest BCUT2D eigenvalue weighted by molar-refractivity contribution is 5.41. The maximum absolute atomic E-state index is 11.5. The maximum Gasteiger partial charge on any atom is 0.250 e. The van der Waals surface area contributed by atoms with Crippen LogP contribution in [0.2, 0.25) is 0 Å². The summed E-state index contributed by atoms with van der Waals surface area (Å²) in [6.45, 7) is 4.97. The van der Waals surface area contributed by atoms with Gasteiger partial charge in [-0.05, 0) is 39.4 Å². The summed E-state index contributed by atoms with van der Waals surface area (Å²) in [5.74, 6) is 0. The minimum atomic E-state index is 0.0683. The number of nitrogens with zero attached hydrogens (tertiary/aromatic N) is 2. The summed E-state index contributed by atoms with van der Waals surface area (Å²) in [7, 11) is 2.15. The topological polar surface area (TPSA) is 37.3 Å². The minimum Gasteiger partial charge on any atom is -0.380 e. The van der Waals surface area contributed by atoms with Crippen molar-refractivity contribution in [2.24, 2.45) is 0 Å². The average Bonchev–Trinajstić information content (AvgIpc) is 2.32. The van der Waals surface area contributed by atoms with E-state index in [0.29, 0.717) is 6.04 Å². The monoisotopic (exact) mass is 235 g/mol. The van der Waals surface area contributed by atoms with Gasteiger partial charge in [0.1, 0.15) is 0 Å². The molecule has 1 fully saturated rings. The van der Waals surface area contributed by atoms with E-state index in [1.54, 1.807) is 10.6 Å². The van der Waals surface area contributed by atoms with Crippen LogP contribution in [0.1, 0.15) is 19.8 Å². The first-order valence-corrected chi connectivity index (χ1v) is 6.34. The van der Waals surface area contributed by atoms with Crippen LogP contribution in [-0.4, -0.2) is 35.6 Å². The van der Waals surface area contributed by atoms with Crippen molar-refractivity contribution >= 4 is 5.69 Å². The fraction of sp³-hybridized carbons (Fsp3) is 0.615. The fourth-order valence-corrected chi connectivity index (χ4v) is 2.38. The van der Waals surface area contributed by atoms with Crippen molar-refractivity contribution in [2.45, 2.75) is 32.4 Å². The van der Waals surface area contributed by atoms with Gasteiger partial charge in [0.2, 0.25) is 0 Å². The molecule has 0 bridgehead atoms. The first kappa shape index (κ1) is 12.2. The third-order valence-electron chi connectivity index (χ3n) is 3.32. The smallest absolute Gasteiger partial charge is 0.250 e. The van der Waals surface area contributed by atoms with Crippen LogP contribution in [-0.2, 0) is 6.54 Å². The second-order valence-corrected chi connectivity index (χ2v) is 4.79. The molecule has 94 valence electrons. The Kier molecular flexibility index (Phi) is 3.84. The van der Waals surface area contributed by atoms with Crippen LogP contribution in [0, 0.1) is 0 Å². The zero-order valence-corrected chi connectivity index (χ0v) is 10.6. The molecule has 0 aliphatic carbocycles. The molecule has 4 heteroatoms. The number of pyridine rings is 1. The lowest BCUT2D eigenvalue weighted by Gasteiger charge is -2.30. The van der Waals surface area contributed by atoms with Crippen molar-refractivity contribution in [3.05, 3.63) is 28.7 Å². The van der Waals surface area contributed by atoms with Crippen molar-refractivity contribution in [1.82, 2.24) is 9.47 Å². The third kappa shape index (κ3) is 3.09. The normalized spacial score (nSPS) is 21.4. The molecule has 17 heavy (non-hydrogen) atoms. The molecule has 0 spiro atoms. The number of likely N-dealkylation sites (N-methyl/N-ethyl adjacent to an activating group) is 1. The Morgan fingerprint density at radius 2 is 2.29 bits per heavy atom. The molecule has 0 saturated carbocycles. The molecule has 1 aliphatic rings.